The van der Waals surface area contributed by atoms with Crippen molar-refractivity contribution in [2.75, 3.05) is 17.2 Å². The lowest BCUT2D eigenvalue weighted by molar-refractivity contribution is 0.102. The van der Waals surface area contributed by atoms with Gasteiger partial charge in [0, 0.05) is 17.3 Å². The van der Waals surface area contributed by atoms with Crippen LogP contribution in [0.15, 0.2) is 36.7 Å². The van der Waals surface area contributed by atoms with E-state index in [0.29, 0.717) is 16.5 Å². The number of carbonyl (C=O) groups is 1. The molecule has 0 saturated carbocycles. The van der Waals surface area contributed by atoms with Gasteiger partial charge in [0.1, 0.15) is 11.5 Å². The minimum Gasteiger partial charge on any atom is -0.369 e. The average molecular weight is 305 g/mol. The van der Waals surface area contributed by atoms with Crippen LogP contribution in [0.5, 0.6) is 0 Å². The maximum absolute atomic E-state index is 12.0. The first-order valence-corrected chi connectivity index (χ1v) is 7.19. The van der Waals surface area contributed by atoms with Crippen LogP contribution in [-0.4, -0.2) is 22.4 Å². The second-order valence-corrected chi connectivity index (χ2v) is 4.97. The van der Waals surface area contributed by atoms with Crippen LogP contribution >= 0.6 is 11.6 Å². The van der Waals surface area contributed by atoms with Crippen molar-refractivity contribution < 1.29 is 4.79 Å². The molecule has 6 heteroatoms. The van der Waals surface area contributed by atoms with Crippen LogP contribution in [0.25, 0.3) is 0 Å². The summed E-state index contributed by atoms with van der Waals surface area (Å²) in [5.41, 5.74) is 0.885. The lowest BCUT2D eigenvalue weighted by atomic mass is 10.3. The van der Waals surface area contributed by atoms with E-state index in [9.17, 15) is 4.79 Å². The molecule has 0 atom stereocenters. The normalized spacial score (nSPS) is 10.2. The van der Waals surface area contributed by atoms with Crippen molar-refractivity contribution in [3.05, 3.63) is 47.4 Å². The fourth-order valence-corrected chi connectivity index (χ4v) is 1.88. The quantitative estimate of drug-likeness (QED) is 0.800. The third-order valence-corrected chi connectivity index (χ3v) is 3.04. The first-order valence-electron chi connectivity index (χ1n) is 6.82. The topological polar surface area (TPSA) is 66.9 Å². The number of hydrogen-bond donors (Lipinski definition) is 2. The number of benzene rings is 1. The minimum absolute atomic E-state index is 0.260. The van der Waals surface area contributed by atoms with Gasteiger partial charge < -0.3 is 10.6 Å². The number of amides is 1. The second kappa shape index (κ2) is 7.59. The molecule has 2 rings (SSSR count). The Morgan fingerprint density at radius 1 is 1.29 bits per heavy atom. The zero-order chi connectivity index (χ0) is 15.1. The van der Waals surface area contributed by atoms with Gasteiger partial charge in [-0.3, -0.25) is 4.79 Å². The molecule has 0 aliphatic heterocycles. The van der Waals surface area contributed by atoms with Crippen LogP contribution in [0.1, 0.15) is 30.3 Å². The minimum atomic E-state index is -0.315. The van der Waals surface area contributed by atoms with Crippen LogP contribution in [0.4, 0.5) is 11.5 Å². The van der Waals surface area contributed by atoms with Crippen molar-refractivity contribution in [2.24, 2.45) is 0 Å². The number of carbonyl (C=O) groups excluding carboxylic acids is 1. The predicted molar refractivity (Wildman–Crippen MR) is 84.8 cm³/mol. The molecule has 0 aliphatic rings. The zero-order valence-corrected chi connectivity index (χ0v) is 12.5. The highest BCUT2D eigenvalue weighted by atomic mass is 35.5. The van der Waals surface area contributed by atoms with Gasteiger partial charge in [-0.2, -0.15) is 0 Å². The summed E-state index contributed by atoms with van der Waals surface area (Å²) in [4.78, 5) is 20.3. The van der Waals surface area contributed by atoms with E-state index >= 15 is 0 Å². The number of nitrogens with zero attached hydrogens (tertiary/aromatic N) is 2. The van der Waals surface area contributed by atoms with Crippen molar-refractivity contribution in [2.45, 2.75) is 19.8 Å². The molecule has 0 fully saturated rings. The molecule has 0 radical (unpaired) electrons. The van der Waals surface area contributed by atoms with Crippen LogP contribution in [0, 0.1) is 0 Å². The SMILES string of the molecule is CCCCNc1cnc(C(=O)Nc2cccc(Cl)c2)cn1. The van der Waals surface area contributed by atoms with Gasteiger partial charge in [0.15, 0.2) is 0 Å². The Morgan fingerprint density at radius 2 is 2.14 bits per heavy atom. The van der Waals surface area contributed by atoms with Crippen molar-refractivity contribution in [1.29, 1.82) is 0 Å². The molecule has 0 bridgehead atoms. The van der Waals surface area contributed by atoms with Gasteiger partial charge in [0.05, 0.1) is 12.4 Å². The van der Waals surface area contributed by atoms with Crippen molar-refractivity contribution in [1.82, 2.24) is 9.97 Å². The molecule has 1 heterocycles. The van der Waals surface area contributed by atoms with E-state index in [-0.39, 0.29) is 11.6 Å². The molecule has 110 valence electrons. The summed E-state index contributed by atoms with van der Waals surface area (Å²) in [6.45, 7) is 2.97. The third-order valence-electron chi connectivity index (χ3n) is 2.80. The van der Waals surface area contributed by atoms with Crippen LogP contribution < -0.4 is 10.6 Å². The molecule has 0 unspecified atom stereocenters. The predicted octanol–water partition coefficient (Wildman–Crippen LogP) is 3.59. The maximum Gasteiger partial charge on any atom is 0.275 e. The number of rotatable bonds is 6. The van der Waals surface area contributed by atoms with E-state index in [0.717, 1.165) is 19.4 Å². The Bertz CT molecular complexity index is 601. The lowest BCUT2D eigenvalue weighted by Gasteiger charge is -2.06. The highest BCUT2D eigenvalue weighted by Crippen LogP contribution is 2.15. The molecule has 5 nitrogen and oxygen atoms in total. The Labute approximate surface area is 128 Å². The molecule has 0 aliphatic carbocycles. The molecule has 0 saturated heterocycles. The number of hydrogen-bond acceptors (Lipinski definition) is 4. The van der Waals surface area contributed by atoms with E-state index in [4.69, 9.17) is 11.6 Å². The Hall–Kier alpha value is -2.14. The number of anilines is 2. The zero-order valence-electron chi connectivity index (χ0n) is 11.8. The maximum atomic E-state index is 12.0. The summed E-state index contributed by atoms with van der Waals surface area (Å²) in [6.07, 6.45) is 5.19. The highest BCUT2D eigenvalue weighted by Gasteiger charge is 2.08. The first kappa shape index (κ1) is 15.3. The Balaban J connectivity index is 1.96. The van der Waals surface area contributed by atoms with Crippen molar-refractivity contribution in [3.63, 3.8) is 0 Å². The van der Waals surface area contributed by atoms with Crippen LogP contribution in [0.2, 0.25) is 5.02 Å². The summed E-state index contributed by atoms with van der Waals surface area (Å²) < 4.78 is 0. The van der Waals surface area contributed by atoms with Crippen LogP contribution in [-0.2, 0) is 0 Å². The molecule has 1 aromatic carbocycles. The molecule has 0 spiro atoms. The Kier molecular flexibility index (Phi) is 5.51. The largest absolute Gasteiger partial charge is 0.369 e. The fourth-order valence-electron chi connectivity index (χ4n) is 1.69. The van der Waals surface area contributed by atoms with Gasteiger partial charge in [-0.05, 0) is 24.6 Å². The number of unbranched alkanes of at least 4 members (excludes halogenated alkanes) is 1. The molecular formula is C15H17ClN4O. The molecule has 2 N–H and O–H groups in total. The summed E-state index contributed by atoms with van der Waals surface area (Å²) in [7, 11) is 0. The van der Waals surface area contributed by atoms with E-state index in [2.05, 4.69) is 27.5 Å². The van der Waals surface area contributed by atoms with E-state index in [1.807, 2.05) is 0 Å². The summed E-state index contributed by atoms with van der Waals surface area (Å²) >= 11 is 5.87. The summed E-state index contributed by atoms with van der Waals surface area (Å²) in [6, 6.07) is 6.95. The molecule has 21 heavy (non-hydrogen) atoms. The van der Waals surface area contributed by atoms with Gasteiger partial charge >= 0.3 is 0 Å². The summed E-state index contributed by atoms with van der Waals surface area (Å²) in [5.74, 6) is 0.354. The molecular weight excluding hydrogens is 288 g/mol. The second-order valence-electron chi connectivity index (χ2n) is 4.53. The highest BCUT2D eigenvalue weighted by molar-refractivity contribution is 6.30. The van der Waals surface area contributed by atoms with E-state index < -0.39 is 0 Å². The molecule has 1 aromatic heterocycles. The van der Waals surface area contributed by atoms with Crippen molar-refractivity contribution in [3.8, 4) is 0 Å². The number of halogens is 1. The van der Waals surface area contributed by atoms with E-state index in [1.54, 1.807) is 30.5 Å². The average Bonchev–Trinajstić information content (AvgIpc) is 2.48. The van der Waals surface area contributed by atoms with Gasteiger partial charge in [0.2, 0.25) is 0 Å². The smallest absolute Gasteiger partial charge is 0.275 e. The van der Waals surface area contributed by atoms with E-state index in [1.165, 1.54) is 6.20 Å². The first-order chi connectivity index (χ1) is 10.2. The van der Waals surface area contributed by atoms with Crippen molar-refractivity contribution >= 4 is 29.0 Å². The van der Waals surface area contributed by atoms with Crippen LogP contribution in [0.3, 0.4) is 0 Å². The summed E-state index contributed by atoms with van der Waals surface area (Å²) in [5, 5.41) is 6.43. The fraction of sp³-hybridized carbons (Fsp3) is 0.267. The lowest BCUT2D eigenvalue weighted by Crippen LogP contribution is -2.14. The number of nitrogens with one attached hydrogen (secondary N) is 2. The molecule has 1 amide bonds. The monoisotopic (exact) mass is 304 g/mol. The van der Waals surface area contributed by atoms with Gasteiger partial charge in [-0.15, -0.1) is 0 Å². The standard InChI is InChI=1S/C15H17ClN4O/c1-2-3-7-17-14-10-18-13(9-19-14)15(21)20-12-6-4-5-11(16)8-12/h4-6,8-10H,2-3,7H2,1H3,(H,17,19)(H,20,21). The third kappa shape index (κ3) is 4.72. The number of aromatic nitrogens is 2. The Morgan fingerprint density at radius 3 is 2.81 bits per heavy atom. The van der Waals surface area contributed by atoms with Gasteiger partial charge in [-0.25, -0.2) is 9.97 Å². The molecule has 2 aromatic rings. The van der Waals surface area contributed by atoms with Gasteiger partial charge in [-0.1, -0.05) is 31.0 Å². The van der Waals surface area contributed by atoms with Gasteiger partial charge in [0.25, 0.3) is 5.91 Å².